The van der Waals surface area contributed by atoms with E-state index in [1.165, 1.54) is 5.56 Å². The van der Waals surface area contributed by atoms with Crippen molar-refractivity contribution in [2.45, 2.75) is 33.1 Å². The minimum absolute atomic E-state index is 0.0737. The number of likely N-dealkylation sites (tertiary alicyclic amines) is 1. The Morgan fingerprint density at radius 3 is 2.46 bits per heavy atom. The second kappa shape index (κ2) is 8.21. The molecule has 0 radical (unpaired) electrons. The van der Waals surface area contributed by atoms with E-state index in [0.29, 0.717) is 39.0 Å². The van der Waals surface area contributed by atoms with Crippen LogP contribution in [0.5, 0.6) is 0 Å². The van der Waals surface area contributed by atoms with Crippen LogP contribution >= 0.6 is 0 Å². The molecule has 1 fully saturated rings. The topological polar surface area (TPSA) is 51.5 Å². The van der Waals surface area contributed by atoms with Crippen LogP contribution in [0.2, 0.25) is 0 Å². The number of ether oxygens (including phenoxy) is 1. The van der Waals surface area contributed by atoms with E-state index in [1.807, 2.05) is 30.2 Å². The summed E-state index contributed by atoms with van der Waals surface area (Å²) in [7, 11) is 0. The molecule has 1 saturated heterocycles. The Morgan fingerprint density at radius 2 is 1.81 bits per heavy atom. The molecule has 3 rings (SSSR count). The first kappa shape index (κ1) is 18.2. The Hall–Kier alpha value is -2.56. The smallest absolute Gasteiger partial charge is 0.309 e. The van der Waals surface area contributed by atoms with Crippen molar-refractivity contribution in [3.8, 4) is 5.69 Å². The van der Waals surface area contributed by atoms with Crippen LogP contribution in [0, 0.1) is 12.8 Å². The highest BCUT2D eigenvalue weighted by atomic mass is 16.5. The molecule has 0 saturated carbocycles. The number of piperidine rings is 1. The number of amides is 1. The standard InChI is InChI=1S/C21H26N2O3/c1-3-26-21(25)17-10-13-22(14-11-17)20(24)15-19-5-4-12-23(19)18-8-6-16(2)7-9-18/h4-9,12,17H,3,10-11,13-15H2,1-2H3. The molecule has 5 nitrogen and oxygen atoms in total. The highest BCUT2D eigenvalue weighted by molar-refractivity contribution is 5.79. The summed E-state index contributed by atoms with van der Waals surface area (Å²) in [6.45, 7) is 5.53. The quantitative estimate of drug-likeness (QED) is 0.775. The summed E-state index contributed by atoms with van der Waals surface area (Å²) in [6, 6.07) is 12.2. The number of hydrogen-bond donors (Lipinski definition) is 0. The molecule has 0 atom stereocenters. The number of carbonyl (C=O) groups is 2. The van der Waals surface area contributed by atoms with Gasteiger partial charge in [-0.25, -0.2) is 0 Å². The van der Waals surface area contributed by atoms with Crippen molar-refractivity contribution in [1.82, 2.24) is 9.47 Å². The zero-order valence-electron chi connectivity index (χ0n) is 15.5. The van der Waals surface area contributed by atoms with Crippen LogP contribution in [0.15, 0.2) is 42.6 Å². The second-order valence-electron chi connectivity index (χ2n) is 6.79. The van der Waals surface area contributed by atoms with Crippen LogP contribution in [-0.2, 0) is 20.7 Å². The van der Waals surface area contributed by atoms with Gasteiger partial charge < -0.3 is 14.2 Å². The Bertz CT molecular complexity index is 756. The van der Waals surface area contributed by atoms with E-state index >= 15 is 0 Å². The Balaban J connectivity index is 1.61. The minimum atomic E-state index is -0.132. The van der Waals surface area contributed by atoms with Gasteiger partial charge in [0.15, 0.2) is 0 Å². The second-order valence-corrected chi connectivity index (χ2v) is 6.79. The third-order valence-electron chi connectivity index (χ3n) is 4.95. The number of aryl methyl sites for hydroxylation is 1. The predicted octanol–water partition coefficient (Wildman–Crippen LogP) is 3.13. The number of nitrogens with zero attached hydrogens (tertiary/aromatic N) is 2. The molecule has 2 heterocycles. The summed E-state index contributed by atoms with van der Waals surface area (Å²) in [5.41, 5.74) is 3.25. The van der Waals surface area contributed by atoms with Crippen molar-refractivity contribution in [3.05, 3.63) is 53.9 Å². The zero-order chi connectivity index (χ0) is 18.5. The Morgan fingerprint density at radius 1 is 1.12 bits per heavy atom. The molecule has 0 spiro atoms. The Kier molecular flexibility index (Phi) is 5.76. The first-order chi connectivity index (χ1) is 12.6. The largest absolute Gasteiger partial charge is 0.466 e. The molecule has 1 amide bonds. The van der Waals surface area contributed by atoms with Gasteiger partial charge in [0.05, 0.1) is 18.9 Å². The van der Waals surface area contributed by atoms with Gasteiger partial charge in [0.2, 0.25) is 5.91 Å². The molecule has 2 aromatic rings. The number of carbonyl (C=O) groups excluding carboxylic acids is 2. The van der Waals surface area contributed by atoms with Gasteiger partial charge in [-0.3, -0.25) is 9.59 Å². The lowest BCUT2D eigenvalue weighted by Gasteiger charge is -2.31. The van der Waals surface area contributed by atoms with Gasteiger partial charge in [0.25, 0.3) is 0 Å². The van der Waals surface area contributed by atoms with E-state index in [-0.39, 0.29) is 17.8 Å². The predicted molar refractivity (Wildman–Crippen MR) is 100 cm³/mol. The van der Waals surface area contributed by atoms with Crippen molar-refractivity contribution >= 4 is 11.9 Å². The molecule has 138 valence electrons. The van der Waals surface area contributed by atoms with Crippen LogP contribution in [0.25, 0.3) is 5.69 Å². The van der Waals surface area contributed by atoms with Crippen molar-refractivity contribution < 1.29 is 14.3 Å². The molecule has 1 aromatic heterocycles. The van der Waals surface area contributed by atoms with Gasteiger partial charge >= 0.3 is 5.97 Å². The summed E-state index contributed by atoms with van der Waals surface area (Å²) >= 11 is 0. The van der Waals surface area contributed by atoms with Crippen molar-refractivity contribution in [2.24, 2.45) is 5.92 Å². The van der Waals surface area contributed by atoms with Gasteiger partial charge in [-0.15, -0.1) is 0 Å². The van der Waals surface area contributed by atoms with Gasteiger partial charge in [0, 0.05) is 30.7 Å². The molecule has 26 heavy (non-hydrogen) atoms. The lowest BCUT2D eigenvalue weighted by molar-refractivity contribution is -0.151. The average molecular weight is 354 g/mol. The number of benzene rings is 1. The molecule has 0 aliphatic carbocycles. The van der Waals surface area contributed by atoms with Crippen LogP contribution in [0.1, 0.15) is 31.0 Å². The molecule has 1 aliphatic heterocycles. The van der Waals surface area contributed by atoms with Crippen LogP contribution in [0.4, 0.5) is 0 Å². The fourth-order valence-corrected chi connectivity index (χ4v) is 3.41. The van der Waals surface area contributed by atoms with Crippen molar-refractivity contribution in [2.75, 3.05) is 19.7 Å². The molecule has 1 aliphatic rings. The number of esters is 1. The summed E-state index contributed by atoms with van der Waals surface area (Å²) in [5, 5.41) is 0. The first-order valence-electron chi connectivity index (χ1n) is 9.26. The summed E-state index contributed by atoms with van der Waals surface area (Å²) in [6.07, 6.45) is 3.72. The highest BCUT2D eigenvalue weighted by Crippen LogP contribution is 2.20. The van der Waals surface area contributed by atoms with Gasteiger partial charge in [-0.1, -0.05) is 17.7 Å². The highest BCUT2D eigenvalue weighted by Gasteiger charge is 2.28. The lowest BCUT2D eigenvalue weighted by Crippen LogP contribution is -2.41. The van der Waals surface area contributed by atoms with E-state index < -0.39 is 0 Å². The fraction of sp³-hybridized carbons (Fsp3) is 0.429. The van der Waals surface area contributed by atoms with Gasteiger partial charge in [-0.2, -0.15) is 0 Å². The first-order valence-corrected chi connectivity index (χ1v) is 9.26. The third-order valence-corrected chi connectivity index (χ3v) is 4.95. The monoisotopic (exact) mass is 354 g/mol. The molecular formula is C21H26N2O3. The lowest BCUT2D eigenvalue weighted by atomic mass is 9.96. The molecule has 0 bridgehead atoms. The number of hydrogen-bond acceptors (Lipinski definition) is 3. The molecule has 0 unspecified atom stereocenters. The van der Waals surface area contributed by atoms with Crippen LogP contribution in [0.3, 0.4) is 0 Å². The van der Waals surface area contributed by atoms with Crippen LogP contribution in [-0.4, -0.2) is 41.0 Å². The molecule has 0 N–H and O–H groups in total. The van der Waals surface area contributed by atoms with Gasteiger partial charge in [0.1, 0.15) is 0 Å². The van der Waals surface area contributed by atoms with Crippen molar-refractivity contribution in [3.63, 3.8) is 0 Å². The molecule has 1 aromatic carbocycles. The van der Waals surface area contributed by atoms with E-state index in [9.17, 15) is 9.59 Å². The van der Waals surface area contributed by atoms with Crippen molar-refractivity contribution in [1.29, 1.82) is 0 Å². The average Bonchev–Trinajstić information content (AvgIpc) is 3.11. The van der Waals surface area contributed by atoms with E-state index in [0.717, 1.165) is 11.4 Å². The minimum Gasteiger partial charge on any atom is -0.466 e. The maximum atomic E-state index is 12.7. The van der Waals surface area contributed by atoms with E-state index in [1.54, 1.807) is 0 Å². The number of aromatic nitrogens is 1. The van der Waals surface area contributed by atoms with E-state index in [2.05, 4.69) is 35.8 Å². The maximum absolute atomic E-state index is 12.7. The maximum Gasteiger partial charge on any atom is 0.309 e. The number of rotatable bonds is 5. The third kappa shape index (κ3) is 4.15. The molecule has 5 heteroatoms. The zero-order valence-corrected chi connectivity index (χ0v) is 15.5. The van der Waals surface area contributed by atoms with E-state index in [4.69, 9.17) is 4.74 Å². The summed E-state index contributed by atoms with van der Waals surface area (Å²) in [4.78, 5) is 26.4. The fourth-order valence-electron chi connectivity index (χ4n) is 3.41. The van der Waals surface area contributed by atoms with Gasteiger partial charge in [-0.05, 0) is 51.0 Å². The summed E-state index contributed by atoms with van der Waals surface area (Å²) in [5.74, 6) is -0.0948. The summed E-state index contributed by atoms with van der Waals surface area (Å²) < 4.78 is 7.15. The normalized spacial score (nSPS) is 15.1. The Labute approximate surface area is 154 Å². The SMILES string of the molecule is CCOC(=O)C1CCN(C(=O)Cc2cccn2-c2ccc(C)cc2)CC1. The van der Waals surface area contributed by atoms with Crippen LogP contribution < -0.4 is 0 Å². The molecular weight excluding hydrogens is 328 g/mol.